The Morgan fingerprint density at radius 2 is 1.92 bits per heavy atom. The molecular weight excluding hydrogens is 494 g/mol. The van der Waals surface area contributed by atoms with Gasteiger partial charge < -0.3 is 19.3 Å². The molecule has 1 fully saturated rings. The summed E-state index contributed by atoms with van der Waals surface area (Å²) in [6, 6.07) is 4.53. The van der Waals surface area contributed by atoms with Gasteiger partial charge in [0.25, 0.3) is 0 Å². The summed E-state index contributed by atoms with van der Waals surface area (Å²) < 4.78 is 17.4. The number of carbonyl (C=O) groups excluding carboxylic acids is 1. The van der Waals surface area contributed by atoms with E-state index in [4.69, 9.17) is 24.2 Å². The van der Waals surface area contributed by atoms with Crippen LogP contribution in [-0.4, -0.2) is 63.4 Å². The van der Waals surface area contributed by atoms with Crippen molar-refractivity contribution in [3.63, 3.8) is 0 Å². The van der Waals surface area contributed by atoms with E-state index in [2.05, 4.69) is 13.8 Å². The minimum absolute atomic E-state index is 0.0922. The number of ether oxygens (including phenoxy) is 3. The molecule has 3 aromatic rings. The van der Waals surface area contributed by atoms with Gasteiger partial charge in [0.05, 0.1) is 24.9 Å². The van der Waals surface area contributed by atoms with E-state index in [1.165, 1.54) is 16.2 Å². The molecule has 1 aliphatic rings. The molecule has 4 rings (SSSR count). The first-order chi connectivity index (χ1) is 17.4. The summed E-state index contributed by atoms with van der Waals surface area (Å²) in [5.41, 5.74) is 2.48. The summed E-state index contributed by atoms with van der Waals surface area (Å²) in [5, 5.41) is 13.3. The second-order valence-electron chi connectivity index (χ2n) is 10.5. The quantitative estimate of drug-likeness (QED) is 0.438. The molecule has 198 valence electrons. The molecule has 0 aliphatic carbocycles. The molecule has 0 saturated carbocycles. The minimum Gasteiger partial charge on any atom is -0.496 e. The molecule has 2 atom stereocenters. The Kier molecular flexibility index (Phi) is 7.32. The highest BCUT2D eigenvalue weighted by molar-refractivity contribution is 7.13. The van der Waals surface area contributed by atoms with E-state index in [1.54, 1.807) is 27.9 Å². The Labute approximate surface area is 220 Å². The number of aliphatic carboxylic acids is 1. The van der Waals surface area contributed by atoms with Crippen molar-refractivity contribution in [2.45, 2.75) is 71.6 Å². The molecule has 1 aliphatic heterocycles. The molecule has 9 nitrogen and oxygen atoms in total. The lowest BCUT2D eigenvalue weighted by Crippen LogP contribution is -2.43. The van der Waals surface area contributed by atoms with Gasteiger partial charge in [0.1, 0.15) is 39.9 Å². The Bertz CT molecular complexity index is 1330. The first-order valence-electron chi connectivity index (χ1n) is 12.2. The number of rotatable bonds is 6. The lowest BCUT2D eigenvalue weighted by atomic mass is 10.1. The highest BCUT2D eigenvalue weighted by Gasteiger charge is 2.43. The van der Waals surface area contributed by atoms with Crippen LogP contribution in [0.5, 0.6) is 11.5 Å². The monoisotopic (exact) mass is 527 g/mol. The van der Waals surface area contributed by atoms with Crippen LogP contribution in [0.4, 0.5) is 4.79 Å². The zero-order chi connectivity index (χ0) is 27.1. The molecular formula is C27H33N3O6S. The summed E-state index contributed by atoms with van der Waals surface area (Å²) in [4.78, 5) is 35.6. The SMILES string of the molecule is COc1ccc2c(OC3C[C@@H](C(=O)O)N(C(=O)OC(C)(C)C)C3)cc(-c3nc(C(C)C)cs3)nc2c1C. The first-order valence-corrected chi connectivity index (χ1v) is 13.1. The van der Waals surface area contributed by atoms with E-state index >= 15 is 0 Å². The third-order valence-electron chi connectivity index (χ3n) is 6.17. The molecule has 2 aromatic heterocycles. The maximum Gasteiger partial charge on any atom is 0.411 e. The standard InChI is InChI=1S/C27H33N3O6S/c1-14(2)19-13-37-24(29-19)18-11-22(17-8-9-21(34-7)15(3)23(17)28-18)35-16-10-20(25(31)32)30(12-16)26(33)36-27(4,5)6/h8-9,11,13-14,16,20H,10,12H2,1-7H3,(H,31,32)/t16?,20-/m0/s1. The Morgan fingerprint density at radius 1 is 1.19 bits per heavy atom. The number of aryl methyl sites for hydroxylation is 1. The van der Waals surface area contributed by atoms with E-state index in [1.807, 2.05) is 30.5 Å². The normalized spacial score (nSPS) is 17.9. The Hall–Kier alpha value is -3.40. The van der Waals surface area contributed by atoms with Crippen molar-refractivity contribution in [3.05, 3.63) is 34.8 Å². The predicted octanol–water partition coefficient (Wildman–Crippen LogP) is 5.64. The molecule has 0 bridgehead atoms. The molecule has 10 heteroatoms. The van der Waals surface area contributed by atoms with Crippen LogP contribution < -0.4 is 9.47 Å². The van der Waals surface area contributed by atoms with Gasteiger partial charge in [0.2, 0.25) is 0 Å². The van der Waals surface area contributed by atoms with Crippen LogP contribution in [-0.2, 0) is 9.53 Å². The van der Waals surface area contributed by atoms with Crippen LogP contribution >= 0.6 is 11.3 Å². The molecule has 0 radical (unpaired) electrons. The van der Waals surface area contributed by atoms with Crippen LogP contribution in [0.25, 0.3) is 21.6 Å². The lowest BCUT2D eigenvalue weighted by molar-refractivity contribution is -0.142. The Morgan fingerprint density at radius 3 is 2.51 bits per heavy atom. The molecule has 0 spiro atoms. The van der Waals surface area contributed by atoms with Gasteiger partial charge in [-0.15, -0.1) is 11.3 Å². The fourth-order valence-corrected chi connectivity index (χ4v) is 5.24. The van der Waals surface area contributed by atoms with Crippen molar-refractivity contribution >= 4 is 34.3 Å². The second kappa shape index (κ2) is 10.2. The first kappa shape index (κ1) is 26.7. The number of fused-ring (bicyclic) bond motifs is 1. The number of carboxylic acids is 1. The van der Waals surface area contributed by atoms with Gasteiger partial charge in [0, 0.05) is 28.8 Å². The van der Waals surface area contributed by atoms with Gasteiger partial charge in [0.15, 0.2) is 0 Å². The lowest BCUT2D eigenvalue weighted by Gasteiger charge is -2.26. The zero-order valence-electron chi connectivity index (χ0n) is 22.2. The number of methoxy groups -OCH3 is 1. The zero-order valence-corrected chi connectivity index (χ0v) is 23.0. The van der Waals surface area contributed by atoms with Gasteiger partial charge in [-0.05, 0) is 45.7 Å². The maximum absolute atomic E-state index is 12.8. The van der Waals surface area contributed by atoms with Crippen molar-refractivity contribution in [1.82, 2.24) is 14.9 Å². The van der Waals surface area contributed by atoms with Crippen LogP contribution in [0.15, 0.2) is 23.6 Å². The fourth-order valence-electron chi connectivity index (χ4n) is 4.30. The third kappa shape index (κ3) is 5.64. The number of thiazole rings is 1. The number of carboxylic acid groups (broad SMARTS) is 1. The van der Waals surface area contributed by atoms with Crippen LogP contribution in [0.1, 0.15) is 58.2 Å². The summed E-state index contributed by atoms with van der Waals surface area (Å²) in [6.07, 6.45) is -1.08. The molecule has 3 heterocycles. The summed E-state index contributed by atoms with van der Waals surface area (Å²) in [6.45, 7) is 11.4. The third-order valence-corrected chi connectivity index (χ3v) is 7.05. The molecule has 37 heavy (non-hydrogen) atoms. The average Bonchev–Trinajstić information content (AvgIpc) is 3.46. The minimum atomic E-state index is -1.10. The molecule has 1 amide bonds. The van der Waals surface area contributed by atoms with E-state index < -0.39 is 29.8 Å². The Balaban J connectivity index is 1.73. The highest BCUT2D eigenvalue weighted by Crippen LogP contribution is 2.38. The van der Waals surface area contributed by atoms with Gasteiger partial charge in [-0.2, -0.15) is 0 Å². The number of likely N-dealkylation sites (tertiary alicyclic amines) is 1. The highest BCUT2D eigenvalue weighted by atomic mass is 32.1. The van der Waals surface area contributed by atoms with Crippen LogP contribution in [0.2, 0.25) is 0 Å². The largest absolute Gasteiger partial charge is 0.496 e. The van der Waals surface area contributed by atoms with E-state index in [9.17, 15) is 14.7 Å². The number of pyridine rings is 1. The van der Waals surface area contributed by atoms with Crippen LogP contribution in [0.3, 0.4) is 0 Å². The van der Waals surface area contributed by atoms with Gasteiger partial charge in [-0.25, -0.2) is 19.6 Å². The van der Waals surface area contributed by atoms with Gasteiger partial charge in [-0.3, -0.25) is 4.90 Å². The maximum atomic E-state index is 12.8. The summed E-state index contributed by atoms with van der Waals surface area (Å²) >= 11 is 1.51. The van der Waals surface area contributed by atoms with Crippen molar-refractivity contribution < 1.29 is 28.9 Å². The topological polar surface area (TPSA) is 111 Å². The average molecular weight is 528 g/mol. The van der Waals surface area contributed by atoms with Crippen molar-refractivity contribution in [2.24, 2.45) is 0 Å². The predicted molar refractivity (Wildman–Crippen MR) is 142 cm³/mol. The summed E-state index contributed by atoms with van der Waals surface area (Å²) in [7, 11) is 1.61. The van der Waals surface area contributed by atoms with E-state index in [-0.39, 0.29) is 18.9 Å². The molecule has 1 N–H and O–H groups in total. The van der Waals surface area contributed by atoms with E-state index in [0.717, 1.165) is 21.7 Å². The number of hydrogen-bond acceptors (Lipinski definition) is 8. The number of nitrogens with zero attached hydrogens (tertiary/aromatic N) is 3. The summed E-state index contributed by atoms with van der Waals surface area (Å²) in [5.74, 6) is 0.440. The fraction of sp³-hybridized carbons (Fsp3) is 0.481. The van der Waals surface area contributed by atoms with Crippen molar-refractivity contribution in [1.29, 1.82) is 0 Å². The molecule has 1 unspecified atom stereocenters. The van der Waals surface area contributed by atoms with Crippen molar-refractivity contribution in [2.75, 3.05) is 13.7 Å². The molecule has 1 saturated heterocycles. The second-order valence-corrected chi connectivity index (χ2v) is 11.3. The number of aromatic nitrogens is 2. The van der Waals surface area contributed by atoms with Crippen molar-refractivity contribution in [3.8, 4) is 22.2 Å². The number of amides is 1. The van der Waals surface area contributed by atoms with Gasteiger partial charge >= 0.3 is 12.1 Å². The molecule has 1 aromatic carbocycles. The number of benzene rings is 1. The van der Waals surface area contributed by atoms with E-state index in [0.29, 0.717) is 22.7 Å². The smallest absolute Gasteiger partial charge is 0.411 e. The number of carbonyl (C=O) groups is 2. The van der Waals surface area contributed by atoms with Crippen LogP contribution in [0, 0.1) is 6.92 Å². The van der Waals surface area contributed by atoms with Gasteiger partial charge in [-0.1, -0.05) is 13.8 Å². The number of hydrogen-bond donors (Lipinski definition) is 1.